The Balaban J connectivity index is 2.53. The number of hydrogen-bond donors (Lipinski definition) is 0. The number of rotatable bonds is 5. The summed E-state index contributed by atoms with van der Waals surface area (Å²) in [6.45, 7) is 1.83. The number of halogens is 1. The topological polar surface area (TPSA) is 53.5 Å². The number of aromatic nitrogens is 1. The van der Waals surface area contributed by atoms with Crippen LogP contribution in [0.1, 0.15) is 18.5 Å². The van der Waals surface area contributed by atoms with Crippen LogP contribution in [0.15, 0.2) is 48.8 Å². The zero-order valence-corrected chi connectivity index (χ0v) is 14.2. The summed E-state index contributed by atoms with van der Waals surface area (Å²) in [4.78, 5) is 4.07. The largest absolute Gasteiger partial charge is 0.304 e. The highest BCUT2D eigenvalue weighted by molar-refractivity contribution is 7.90. The van der Waals surface area contributed by atoms with E-state index in [1.54, 1.807) is 42.7 Å². The molecule has 0 spiro atoms. The smallest absolute Gasteiger partial charge is 0.264 e. The molecule has 1 heterocycles. The average Bonchev–Trinajstić information content (AvgIpc) is 2.50. The Morgan fingerprint density at radius 3 is 2.27 bits per heavy atom. The fourth-order valence-corrected chi connectivity index (χ4v) is 3.47. The van der Waals surface area contributed by atoms with E-state index < -0.39 is 16.3 Å². The van der Waals surface area contributed by atoms with Gasteiger partial charge in [-0.1, -0.05) is 17.7 Å². The van der Waals surface area contributed by atoms with Gasteiger partial charge in [-0.05, 0) is 42.8 Å². The number of hydrogen-bond acceptors (Lipinski definition) is 3. The number of pyridine rings is 1. The molecule has 0 radical (unpaired) electrons. The summed E-state index contributed by atoms with van der Waals surface area (Å²) in [6, 6.07) is 9.96. The van der Waals surface area contributed by atoms with Crippen molar-refractivity contribution in [2.24, 2.45) is 0 Å². The quantitative estimate of drug-likeness (QED) is 0.841. The van der Waals surface area contributed by atoms with Gasteiger partial charge in [0.1, 0.15) is 0 Å². The van der Waals surface area contributed by atoms with Crippen LogP contribution < -0.4 is 4.31 Å². The molecule has 5 nitrogen and oxygen atoms in total. The van der Waals surface area contributed by atoms with Gasteiger partial charge in [-0.25, -0.2) is 0 Å². The summed E-state index contributed by atoms with van der Waals surface area (Å²) < 4.78 is 28.0. The molecule has 0 bridgehead atoms. The third kappa shape index (κ3) is 3.40. The highest BCUT2D eigenvalue weighted by Gasteiger charge is 2.30. The van der Waals surface area contributed by atoms with Gasteiger partial charge in [0.25, 0.3) is 0 Å². The molecule has 1 aromatic carbocycles. The summed E-state index contributed by atoms with van der Waals surface area (Å²) >= 11 is 5.90. The normalized spacial score (nSPS) is 13.1. The van der Waals surface area contributed by atoms with Crippen LogP contribution in [0.3, 0.4) is 0 Å². The first-order valence-corrected chi connectivity index (χ1v) is 8.49. The van der Waals surface area contributed by atoms with E-state index in [0.717, 1.165) is 5.56 Å². The summed E-state index contributed by atoms with van der Waals surface area (Å²) in [5.74, 6) is 0. The van der Waals surface area contributed by atoms with Gasteiger partial charge in [0.15, 0.2) is 0 Å². The maximum Gasteiger partial charge on any atom is 0.304 e. The van der Waals surface area contributed by atoms with Crippen LogP contribution in [0.25, 0.3) is 0 Å². The first kappa shape index (κ1) is 16.7. The zero-order chi connectivity index (χ0) is 16.3. The predicted molar refractivity (Wildman–Crippen MR) is 89.2 cm³/mol. The van der Waals surface area contributed by atoms with Crippen molar-refractivity contribution in [1.82, 2.24) is 9.29 Å². The molecule has 0 fully saturated rings. The van der Waals surface area contributed by atoms with E-state index in [2.05, 4.69) is 4.98 Å². The van der Waals surface area contributed by atoms with Crippen molar-refractivity contribution in [2.45, 2.75) is 13.0 Å². The van der Waals surface area contributed by atoms with Crippen LogP contribution in [0.2, 0.25) is 5.02 Å². The van der Waals surface area contributed by atoms with Crippen molar-refractivity contribution in [2.75, 3.05) is 18.4 Å². The van der Waals surface area contributed by atoms with Crippen molar-refractivity contribution in [3.63, 3.8) is 0 Å². The van der Waals surface area contributed by atoms with Crippen LogP contribution in [-0.4, -0.2) is 31.8 Å². The molecular weight excluding hydrogens is 322 g/mol. The van der Waals surface area contributed by atoms with E-state index in [1.165, 1.54) is 22.7 Å². The SMILES string of the molecule is CC(c1cccnc1)N(c1ccc(Cl)cc1)S(=O)(=O)N(C)C. The highest BCUT2D eigenvalue weighted by atomic mass is 35.5. The third-order valence-corrected chi connectivity index (χ3v) is 5.51. The van der Waals surface area contributed by atoms with Crippen molar-refractivity contribution >= 4 is 27.5 Å². The van der Waals surface area contributed by atoms with Crippen LogP contribution >= 0.6 is 11.6 Å². The Kier molecular flexibility index (Phi) is 5.05. The Morgan fingerprint density at radius 1 is 1.14 bits per heavy atom. The van der Waals surface area contributed by atoms with Gasteiger partial charge in [0.2, 0.25) is 0 Å². The van der Waals surface area contributed by atoms with E-state index in [9.17, 15) is 8.42 Å². The Hall–Kier alpha value is -1.63. The minimum absolute atomic E-state index is 0.401. The second-order valence-electron chi connectivity index (χ2n) is 5.02. The maximum absolute atomic E-state index is 12.7. The molecule has 118 valence electrons. The average molecular weight is 340 g/mol. The van der Waals surface area contributed by atoms with Crippen molar-refractivity contribution in [1.29, 1.82) is 0 Å². The lowest BCUT2D eigenvalue weighted by Crippen LogP contribution is -2.41. The fourth-order valence-electron chi connectivity index (χ4n) is 2.08. The summed E-state index contributed by atoms with van der Waals surface area (Å²) in [6.07, 6.45) is 3.32. The van der Waals surface area contributed by atoms with Gasteiger partial charge in [-0.2, -0.15) is 12.7 Å². The molecule has 2 rings (SSSR count). The molecule has 0 saturated heterocycles. The van der Waals surface area contributed by atoms with Crippen molar-refractivity contribution < 1.29 is 8.42 Å². The molecule has 0 amide bonds. The van der Waals surface area contributed by atoms with Gasteiger partial charge < -0.3 is 0 Å². The lowest BCUT2D eigenvalue weighted by atomic mass is 10.1. The molecule has 1 unspecified atom stereocenters. The molecule has 0 saturated carbocycles. The van der Waals surface area contributed by atoms with Crippen molar-refractivity contribution in [3.05, 3.63) is 59.4 Å². The molecule has 7 heteroatoms. The van der Waals surface area contributed by atoms with Crippen LogP contribution in [0, 0.1) is 0 Å². The Morgan fingerprint density at radius 2 is 1.77 bits per heavy atom. The molecule has 1 atom stereocenters. The number of nitrogens with zero attached hydrogens (tertiary/aromatic N) is 3. The van der Waals surface area contributed by atoms with Crippen molar-refractivity contribution in [3.8, 4) is 0 Å². The van der Waals surface area contributed by atoms with Gasteiger partial charge in [-0.15, -0.1) is 0 Å². The molecule has 0 aliphatic carbocycles. The van der Waals surface area contributed by atoms with Crippen LogP contribution in [-0.2, 0) is 10.2 Å². The maximum atomic E-state index is 12.7. The monoisotopic (exact) mass is 339 g/mol. The molecule has 0 aliphatic heterocycles. The van der Waals surface area contributed by atoms with E-state index in [0.29, 0.717) is 10.7 Å². The molecule has 0 N–H and O–H groups in total. The van der Waals surface area contributed by atoms with E-state index in [1.807, 2.05) is 13.0 Å². The van der Waals surface area contributed by atoms with Gasteiger partial charge >= 0.3 is 10.2 Å². The Bertz CT molecular complexity index is 718. The highest BCUT2D eigenvalue weighted by Crippen LogP contribution is 2.31. The predicted octanol–water partition coefficient (Wildman–Crippen LogP) is 3.11. The van der Waals surface area contributed by atoms with Crippen LogP contribution in [0.5, 0.6) is 0 Å². The van der Waals surface area contributed by atoms with E-state index >= 15 is 0 Å². The lowest BCUT2D eigenvalue weighted by molar-refractivity contribution is 0.509. The van der Waals surface area contributed by atoms with Gasteiger partial charge in [-0.3, -0.25) is 9.29 Å². The second-order valence-corrected chi connectivity index (χ2v) is 7.48. The van der Waals surface area contributed by atoms with E-state index in [4.69, 9.17) is 11.6 Å². The van der Waals surface area contributed by atoms with E-state index in [-0.39, 0.29) is 0 Å². The minimum atomic E-state index is -3.66. The first-order valence-electron chi connectivity index (χ1n) is 6.71. The molecule has 2 aromatic rings. The van der Waals surface area contributed by atoms with Crippen LogP contribution in [0.4, 0.5) is 5.69 Å². The Labute approximate surface area is 136 Å². The standard InChI is InChI=1S/C15H18ClN3O2S/c1-12(13-5-4-10-17-11-13)19(22(20,21)18(2)3)15-8-6-14(16)7-9-15/h4-12H,1-3H3. The second kappa shape index (κ2) is 6.64. The summed E-state index contributed by atoms with van der Waals surface area (Å²) in [5, 5.41) is 0.556. The summed E-state index contributed by atoms with van der Waals surface area (Å²) in [7, 11) is -0.640. The molecule has 0 aliphatic rings. The lowest BCUT2D eigenvalue weighted by Gasteiger charge is -2.32. The van der Waals surface area contributed by atoms with Gasteiger partial charge in [0, 0.05) is 31.5 Å². The summed E-state index contributed by atoms with van der Waals surface area (Å²) in [5.41, 5.74) is 1.36. The zero-order valence-electron chi connectivity index (χ0n) is 12.6. The molecular formula is C15H18ClN3O2S. The fraction of sp³-hybridized carbons (Fsp3) is 0.267. The molecule has 22 heavy (non-hydrogen) atoms. The number of anilines is 1. The first-order chi connectivity index (χ1) is 10.3. The molecule has 1 aromatic heterocycles. The van der Waals surface area contributed by atoms with Gasteiger partial charge in [0.05, 0.1) is 11.7 Å². The number of benzene rings is 1. The third-order valence-electron chi connectivity index (χ3n) is 3.31. The minimum Gasteiger partial charge on any atom is -0.264 e.